The SMILES string of the molecule is c1ccc(-n2c3ccccc3c3cc4c5c(c32)-c2cccc3c6ccccc6n(c23)B5c2ccc3ccccc3c2N4c2cccc3cc(-c4ccc5c6c4c4ccccc4n6B4c6cc7ccccc7cc6N(c6ccc7ccccc7c6)c6cc7c8ccccc8n(-c8ccccc8)c7c-5c64)ccc23)cc1. The molecule has 0 aliphatic carbocycles. The minimum Gasteiger partial charge on any atom is -0.375 e. The molecule has 18 aromatic carbocycles. The monoisotopic (exact) mass is 1360 g/mol. The molecule has 494 valence electrons. The Morgan fingerprint density at radius 3 is 1.42 bits per heavy atom. The minimum atomic E-state index is -0.207. The zero-order valence-corrected chi connectivity index (χ0v) is 58.3. The molecule has 4 aliphatic heterocycles. The number of nitrogens with zero attached hydrogens (tertiary/aromatic N) is 6. The molecule has 8 heteroatoms. The first-order valence-corrected chi connectivity index (χ1v) is 37.7. The van der Waals surface area contributed by atoms with Crippen LogP contribution in [-0.2, 0) is 0 Å². The molecule has 4 aliphatic rings. The molecule has 0 bridgehead atoms. The fraction of sp³-hybridized carbons (Fsp3) is 0. The van der Waals surface area contributed by atoms with Crippen LogP contribution < -0.4 is 31.7 Å². The Hall–Kier alpha value is -14.1. The number of rotatable bonds is 5. The van der Waals surface area contributed by atoms with E-state index >= 15 is 0 Å². The Morgan fingerprint density at radius 2 is 0.722 bits per heavy atom. The van der Waals surface area contributed by atoms with Crippen LogP contribution in [0.4, 0.5) is 34.1 Å². The number of aromatic nitrogens is 4. The highest BCUT2D eigenvalue weighted by atomic mass is 15.2. The Kier molecular flexibility index (Phi) is 11.1. The molecule has 0 N–H and O–H groups in total. The highest BCUT2D eigenvalue weighted by molar-refractivity contribution is 6.91. The standard InChI is InChI=1S/C100H58B2N6/c1-3-29-66(30-4-1)104-85-41-18-14-36-74(85)80-58-90-95-92(98(80)104)77-39-22-38-75-72-34-15-19-42-86(72)107(96(75)77)101(95)81-52-47-60-24-11-12-33-71(60)97(81)106(90)83-44-21-28-64-53-65(46-49-69(64)83)70-50-51-78-93-94-89(57-79-73-35-13-17-40-84(73)105(99(79)93)67-31-5-2-6-32-67)103(68-48-45-59-23-7-8-25-61(59)54-68)88-56-63-27-10-9-26-62(63)55-82(88)102(94)108-87-43-20-16-37-76(87)91(70)100(78)108/h1-58H. The largest absolute Gasteiger partial charge is 0.375 e. The van der Waals surface area contributed by atoms with Crippen LogP contribution in [0.1, 0.15) is 0 Å². The smallest absolute Gasteiger partial charge is 0.333 e. The van der Waals surface area contributed by atoms with E-state index in [2.05, 4.69) is 380 Å². The molecule has 0 spiro atoms. The molecule has 6 nitrogen and oxygen atoms in total. The summed E-state index contributed by atoms with van der Waals surface area (Å²) in [6.07, 6.45) is 0. The number of fused-ring (bicyclic) bond motifs is 27. The van der Waals surface area contributed by atoms with E-state index in [4.69, 9.17) is 0 Å². The van der Waals surface area contributed by atoms with Crippen LogP contribution in [0, 0.1) is 0 Å². The van der Waals surface area contributed by atoms with Crippen LogP contribution in [0.25, 0.3) is 175 Å². The minimum absolute atomic E-state index is 0.156. The quantitative estimate of drug-likeness (QED) is 0.161. The molecule has 0 saturated heterocycles. The van der Waals surface area contributed by atoms with Gasteiger partial charge in [0.25, 0.3) is 0 Å². The number of hydrogen-bond donors (Lipinski definition) is 0. The zero-order valence-electron chi connectivity index (χ0n) is 58.3. The van der Waals surface area contributed by atoms with Crippen molar-refractivity contribution in [2.24, 2.45) is 0 Å². The van der Waals surface area contributed by atoms with Gasteiger partial charge in [0.15, 0.2) is 0 Å². The van der Waals surface area contributed by atoms with Gasteiger partial charge in [-0.2, -0.15) is 0 Å². The molecule has 0 amide bonds. The first kappa shape index (κ1) is 57.3. The lowest BCUT2D eigenvalue weighted by Gasteiger charge is -2.41. The van der Waals surface area contributed by atoms with Crippen molar-refractivity contribution in [1.29, 1.82) is 0 Å². The second-order valence-corrected chi connectivity index (χ2v) is 30.1. The third-order valence-electron chi connectivity index (χ3n) is 24.9. The van der Waals surface area contributed by atoms with E-state index in [1.165, 1.54) is 208 Å². The molecule has 0 saturated carbocycles. The van der Waals surface area contributed by atoms with E-state index in [0.29, 0.717) is 0 Å². The lowest BCUT2D eigenvalue weighted by Crippen LogP contribution is -2.56. The maximum atomic E-state index is 2.75. The fourth-order valence-corrected chi connectivity index (χ4v) is 20.7. The van der Waals surface area contributed by atoms with Gasteiger partial charge in [-0.05, 0) is 156 Å². The Balaban J connectivity index is 0.749. The molecule has 0 radical (unpaired) electrons. The van der Waals surface area contributed by atoms with E-state index in [-0.39, 0.29) is 13.7 Å². The summed E-state index contributed by atoms with van der Waals surface area (Å²) in [6, 6.07) is 134. The van der Waals surface area contributed by atoms with Gasteiger partial charge in [-0.15, -0.1) is 0 Å². The highest BCUT2D eigenvalue weighted by Crippen LogP contribution is 2.56. The van der Waals surface area contributed by atoms with Crippen molar-refractivity contribution in [2.75, 3.05) is 9.80 Å². The van der Waals surface area contributed by atoms with Crippen molar-refractivity contribution in [3.63, 3.8) is 0 Å². The lowest BCUT2D eigenvalue weighted by atomic mass is 9.44. The average molecular weight is 1370 g/mol. The average Bonchev–Trinajstić information content (AvgIpc) is 1.42. The van der Waals surface area contributed by atoms with Crippen LogP contribution in [-0.4, -0.2) is 31.8 Å². The molecule has 4 aromatic heterocycles. The predicted molar refractivity (Wildman–Crippen MR) is 458 cm³/mol. The van der Waals surface area contributed by atoms with Crippen LogP contribution in [0.5, 0.6) is 0 Å². The van der Waals surface area contributed by atoms with E-state index in [1.54, 1.807) is 0 Å². The molecule has 26 rings (SSSR count). The summed E-state index contributed by atoms with van der Waals surface area (Å²) in [5.74, 6) is 0. The van der Waals surface area contributed by atoms with Gasteiger partial charge < -0.3 is 27.9 Å². The maximum Gasteiger partial charge on any atom is 0.333 e. The van der Waals surface area contributed by atoms with E-state index in [9.17, 15) is 0 Å². The molecular weight excluding hydrogens is 1310 g/mol. The van der Waals surface area contributed by atoms with Gasteiger partial charge in [-0.3, -0.25) is 0 Å². The van der Waals surface area contributed by atoms with E-state index < -0.39 is 0 Å². The highest BCUT2D eigenvalue weighted by Gasteiger charge is 2.48. The number of anilines is 6. The third-order valence-corrected chi connectivity index (χ3v) is 24.9. The van der Waals surface area contributed by atoms with Gasteiger partial charge in [0.05, 0.1) is 33.4 Å². The molecule has 8 heterocycles. The van der Waals surface area contributed by atoms with Crippen LogP contribution in [0.15, 0.2) is 352 Å². The van der Waals surface area contributed by atoms with Crippen molar-refractivity contribution in [3.8, 4) is 44.8 Å². The third kappa shape index (κ3) is 7.29. The number of benzene rings is 18. The van der Waals surface area contributed by atoms with Gasteiger partial charge in [0, 0.05) is 132 Å². The Labute approximate surface area is 620 Å². The first-order valence-electron chi connectivity index (χ1n) is 37.7. The second-order valence-electron chi connectivity index (χ2n) is 30.1. The zero-order chi connectivity index (χ0) is 69.9. The molecule has 108 heavy (non-hydrogen) atoms. The normalized spacial score (nSPS) is 13.3. The van der Waals surface area contributed by atoms with Crippen molar-refractivity contribution in [1.82, 2.24) is 18.1 Å². The molecule has 22 aromatic rings. The van der Waals surface area contributed by atoms with Crippen LogP contribution in [0.2, 0.25) is 0 Å². The molecule has 0 fully saturated rings. The topological polar surface area (TPSA) is 26.2 Å². The number of hydrogen-bond acceptors (Lipinski definition) is 2. The predicted octanol–water partition coefficient (Wildman–Crippen LogP) is 23.2. The Morgan fingerprint density at radius 1 is 0.222 bits per heavy atom. The van der Waals surface area contributed by atoms with Crippen LogP contribution in [0.3, 0.4) is 0 Å². The van der Waals surface area contributed by atoms with Gasteiger partial charge >= 0.3 is 13.7 Å². The van der Waals surface area contributed by atoms with Gasteiger partial charge in [-0.1, -0.05) is 261 Å². The van der Waals surface area contributed by atoms with Gasteiger partial charge in [0.1, 0.15) is 0 Å². The van der Waals surface area contributed by atoms with Gasteiger partial charge in [0.2, 0.25) is 0 Å². The summed E-state index contributed by atoms with van der Waals surface area (Å²) in [4.78, 5) is 5.28. The fourth-order valence-electron chi connectivity index (χ4n) is 20.7. The first-order chi connectivity index (χ1) is 53.6. The summed E-state index contributed by atoms with van der Waals surface area (Å²) in [6.45, 7) is -0.363. The summed E-state index contributed by atoms with van der Waals surface area (Å²) < 4.78 is 10.6. The van der Waals surface area contributed by atoms with Crippen LogP contribution >= 0.6 is 0 Å². The second kappa shape index (κ2) is 20.9. The van der Waals surface area contributed by atoms with Crippen molar-refractivity contribution < 1.29 is 0 Å². The number of para-hydroxylation sites is 7. The molecule has 0 unspecified atom stereocenters. The summed E-state index contributed by atoms with van der Waals surface area (Å²) in [5, 5.41) is 19.6. The summed E-state index contributed by atoms with van der Waals surface area (Å²) in [7, 11) is 0. The maximum absolute atomic E-state index is 2.75. The van der Waals surface area contributed by atoms with E-state index in [0.717, 1.165) is 22.7 Å². The molecule has 0 atom stereocenters. The van der Waals surface area contributed by atoms with Gasteiger partial charge in [-0.25, -0.2) is 0 Å². The lowest BCUT2D eigenvalue weighted by molar-refractivity contribution is 1.18. The molecular formula is C100H58B2N6. The van der Waals surface area contributed by atoms with E-state index in [1.807, 2.05) is 0 Å². The summed E-state index contributed by atoms with van der Waals surface area (Å²) in [5.41, 5.74) is 31.7. The van der Waals surface area contributed by atoms with Crippen molar-refractivity contribution in [2.45, 2.75) is 0 Å². The van der Waals surface area contributed by atoms with Crippen molar-refractivity contribution >= 4 is 200 Å². The summed E-state index contributed by atoms with van der Waals surface area (Å²) >= 11 is 0. The van der Waals surface area contributed by atoms with Crippen molar-refractivity contribution in [3.05, 3.63) is 352 Å². The Bertz CT molecular complexity index is 7850.